The number of thiophene rings is 1. The van der Waals surface area contributed by atoms with Crippen molar-refractivity contribution < 1.29 is 14.7 Å². The highest BCUT2D eigenvalue weighted by Gasteiger charge is 2.56. The van der Waals surface area contributed by atoms with Crippen molar-refractivity contribution in [1.82, 2.24) is 9.80 Å². The van der Waals surface area contributed by atoms with E-state index in [0.717, 1.165) is 63.2 Å². The van der Waals surface area contributed by atoms with Crippen LogP contribution in [0.15, 0.2) is 65.4 Å². The predicted molar refractivity (Wildman–Crippen MR) is 165 cm³/mol. The molecule has 1 aliphatic carbocycles. The molecule has 6 rings (SSSR count). The molecule has 3 fully saturated rings. The quantitative estimate of drug-likeness (QED) is 0.282. The Hall–Kier alpha value is -2.22. The molecule has 1 spiro atoms. The van der Waals surface area contributed by atoms with Crippen LogP contribution in [0.4, 0.5) is 0 Å². The summed E-state index contributed by atoms with van der Waals surface area (Å²) in [6.07, 6.45) is 2.83. The monoisotopic (exact) mass is 610 g/mol. The topological polar surface area (TPSA) is 60.9 Å². The highest BCUT2D eigenvalue weighted by molar-refractivity contribution is 7.08. The van der Waals surface area contributed by atoms with E-state index in [2.05, 4.69) is 26.6 Å². The first-order valence-electron chi connectivity index (χ1n) is 14.5. The van der Waals surface area contributed by atoms with E-state index >= 15 is 0 Å². The molecule has 216 valence electrons. The van der Waals surface area contributed by atoms with Gasteiger partial charge in [0.1, 0.15) is 5.92 Å². The molecule has 3 heterocycles. The van der Waals surface area contributed by atoms with Crippen LogP contribution in [0, 0.1) is 23.2 Å². The fourth-order valence-corrected chi connectivity index (χ4v) is 8.85. The van der Waals surface area contributed by atoms with Gasteiger partial charge < -0.3 is 10.0 Å². The average molecular weight is 612 g/mol. The molecule has 1 saturated carbocycles. The van der Waals surface area contributed by atoms with Crippen molar-refractivity contribution in [2.75, 3.05) is 32.7 Å². The summed E-state index contributed by atoms with van der Waals surface area (Å²) in [6.45, 7) is 5.42. The molecule has 5 nitrogen and oxygen atoms in total. The number of carboxylic acid groups (broad SMARTS) is 1. The van der Waals surface area contributed by atoms with Crippen LogP contribution in [0.2, 0.25) is 10.0 Å². The molecule has 2 saturated heterocycles. The van der Waals surface area contributed by atoms with E-state index in [1.807, 2.05) is 48.5 Å². The Labute approximate surface area is 256 Å². The Kier molecular flexibility index (Phi) is 8.58. The van der Waals surface area contributed by atoms with Gasteiger partial charge in [0, 0.05) is 47.6 Å². The summed E-state index contributed by atoms with van der Waals surface area (Å²) in [5.41, 5.74) is 3.10. The van der Waals surface area contributed by atoms with Gasteiger partial charge in [-0.2, -0.15) is 11.3 Å². The zero-order chi connectivity index (χ0) is 28.6. The Morgan fingerprint density at radius 3 is 2.46 bits per heavy atom. The molecule has 0 amide bonds. The molecule has 41 heavy (non-hydrogen) atoms. The lowest BCUT2D eigenvalue weighted by atomic mass is 9.74. The van der Waals surface area contributed by atoms with Crippen LogP contribution in [-0.4, -0.2) is 59.4 Å². The Bertz CT molecular complexity index is 1370. The number of hydrogen-bond donors (Lipinski definition) is 1. The molecule has 1 N–H and O–H groups in total. The maximum Gasteiger partial charge on any atom is 0.314 e. The van der Waals surface area contributed by atoms with E-state index in [0.29, 0.717) is 34.7 Å². The van der Waals surface area contributed by atoms with Gasteiger partial charge in [-0.15, -0.1) is 0 Å². The summed E-state index contributed by atoms with van der Waals surface area (Å²) in [4.78, 5) is 30.9. The van der Waals surface area contributed by atoms with Crippen LogP contribution >= 0.6 is 34.5 Å². The average Bonchev–Trinajstić information content (AvgIpc) is 3.67. The van der Waals surface area contributed by atoms with Crippen molar-refractivity contribution in [3.8, 4) is 0 Å². The van der Waals surface area contributed by atoms with Gasteiger partial charge in [-0.05, 0) is 96.3 Å². The number of benzene rings is 2. The number of rotatable bonds is 8. The maximum absolute atomic E-state index is 13.6. The number of carbonyl (C=O) groups excluding carboxylic acids is 1. The zero-order valence-electron chi connectivity index (χ0n) is 23.1. The minimum Gasteiger partial charge on any atom is -0.481 e. The molecule has 3 aromatic rings. The summed E-state index contributed by atoms with van der Waals surface area (Å²) < 4.78 is 0. The first kappa shape index (κ1) is 28.9. The molecule has 0 radical (unpaired) electrons. The van der Waals surface area contributed by atoms with E-state index in [1.54, 1.807) is 11.3 Å². The second kappa shape index (κ2) is 12.2. The van der Waals surface area contributed by atoms with E-state index < -0.39 is 17.3 Å². The second-order valence-corrected chi connectivity index (χ2v) is 13.9. The summed E-state index contributed by atoms with van der Waals surface area (Å²) in [5, 5.41) is 15.8. The van der Waals surface area contributed by atoms with Gasteiger partial charge in [-0.3, -0.25) is 14.5 Å². The van der Waals surface area contributed by atoms with Gasteiger partial charge in [-0.25, -0.2) is 0 Å². The SMILES string of the molecule is O=C(O)C1C(=O)C2(CCN(C[C@H]3CN(Cc4ccc(Cl)cc4Cl)C[C@@H]3c3ccsc3)CC2)CC1Cc1ccccc1. The van der Waals surface area contributed by atoms with Crippen LogP contribution < -0.4 is 0 Å². The normalized spacial score (nSPS) is 26.6. The number of Topliss-reactive ketones (excluding diaryl/α,β-unsaturated/α-hetero) is 1. The van der Waals surface area contributed by atoms with Crippen LogP contribution in [0.3, 0.4) is 0 Å². The van der Waals surface area contributed by atoms with Gasteiger partial charge in [0.2, 0.25) is 0 Å². The van der Waals surface area contributed by atoms with Crippen LogP contribution in [0.25, 0.3) is 0 Å². The van der Waals surface area contributed by atoms with E-state index in [4.69, 9.17) is 23.2 Å². The fraction of sp³-hybridized carbons (Fsp3) is 0.455. The van der Waals surface area contributed by atoms with Gasteiger partial charge >= 0.3 is 5.97 Å². The number of likely N-dealkylation sites (tertiary alicyclic amines) is 2. The first-order valence-corrected chi connectivity index (χ1v) is 16.2. The molecule has 3 aliphatic rings. The molecule has 2 unspecified atom stereocenters. The van der Waals surface area contributed by atoms with Gasteiger partial charge in [0.25, 0.3) is 0 Å². The Morgan fingerprint density at radius 2 is 1.78 bits per heavy atom. The second-order valence-electron chi connectivity index (χ2n) is 12.3. The van der Waals surface area contributed by atoms with Crippen molar-refractivity contribution in [2.24, 2.45) is 23.2 Å². The third-order valence-corrected chi connectivity index (χ3v) is 11.0. The fourth-order valence-electron chi connectivity index (χ4n) is 7.66. The predicted octanol–water partition coefficient (Wildman–Crippen LogP) is 6.89. The smallest absolute Gasteiger partial charge is 0.314 e. The molecule has 0 bridgehead atoms. The zero-order valence-corrected chi connectivity index (χ0v) is 25.4. The number of carboxylic acids is 1. The van der Waals surface area contributed by atoms with Crippen molar-refractivity contribution in [3.63, 3.8) is 0 Å². The molecule has 4 atom stereocenters. The van der Waals surface area contributed by atoms with Crippen molar-refractivity contribution in [3.05, 3.63) is 92.1 Å². The highest BCUT2D eigenvalue weighted by atomic mass is 35.5. The van der Waals surface area contributed by atoms with Crippen molar-refractivity contribution >= 4 is 46.3 Å². The number of piperidine rings is 1. The van der Waals surface area contributed by atoms with E-state index in [-0.39, 0.29) is 11.7 Å². The number of hydrogen-bond acceptors (Lipinski definition) is 5. The molecule has 8 heteroatoms. The summed E-state index contributed by atoms with van der Waals surface area (Å²) in [6, 6.07) is 18.0. The number of aliphatic carboxylic acids is 1. The van der Waals surface area contributed by atoms with Gasteiger partial charge in [0.05, 0.1) is 0 Å². The minimum atomic E-state index is -0.958. The molecular weight excluding hydrogens is 575 g/mol. The standard InChI is InChI=1S/C33H36Cl2N2O3S/c34-27-7-6-23(29(35)15-27)17-37-19-26(28(20-37)24-8-13-41-21-24)18-36-11-9-33(10-12-36)16-25(30(31(33)38)32(39)40)14-22-4-2-1-3-5-22/h1-8,13,15,21,25-26,28,30H,9-12,14,16-20H2,(H,39,40)/t25?,26-,28+,30?/m0/s1. The van der Waals surface area contributed by atoms with E-state index in [1.165, 1.54) is 5.56 Å². The lowest BCUT2D eigenvalue weighted by molar-refractivity contribution is -0.148. The summed E-state index contributed by atoms with van der Waals surface area (Å²) >= 11 is 14.4. The summed E-state index contributed by atoms with van der Waals surface area (Å²) in [7, 11) is 0. The van der Waals surface area contributed by atoms with Gasteiger partial charge in [-0.1, -0.05) is 59.6 Å². The largest absolute Gasteiger partial charge is 0.481 e. The number of halogens is 2. The lowest BCUT2D eigenvalue weighted by Crippen LogP contribution is -2.45. The summed E-state index contributed by atoms with van der Waals surface area (Å²) in [5.74, 6) is -1.10. The third-order valence-electron chi connectivity index (χ3n) is 9.74. The van der Waals surface area contributed by atoms with Crippen molar-refractivity contribution in [1.29, 1.82) is 0 Å². The number of ketones is 1. The van der Waals surface area contributed by atoms with Crippen LogP contribution in [0.1, 0.15) is 41.9 Å². The highest BCUT2D eigenvalue weighted by Crippen LogP contribution is 2.50. The number of carbonyl (C=O) groups is 2. The Morgan fingerprint density at radius 1 is 1.00 bits per heavy atom. The maximum atomic E-state index is 13.6. The van der Waals surface area contributed by atoms with E-state index in [9.17, 15) is 14.7 Å². The molecular formula is C33H36Cl2N2O3S. The minimum absolute atomic E-state index is 0.0337. The number of nitrogens with zero attached hydrogens (tertiary/aromatic N) is 2. The van der Waals surface area contributed by atoms with Crippen LogP contribution in [0.5, 0.6) is 0 Å². The Balaban J connectivity index is 1.12. The van der Waals surface area contributed by atoms with Crippen molar-refractivity contribution in [2.45, 2.75) is 38.1 Å². The molecule has 2 aromatic carbocycles. The van der Waals surface area contributed by atoms with Crippen LogP contribution in [-0.2, 0) is 22.6 Å². The first-order chi connectivity index (χ1) is 19.8. The molecule has 1 aromatic heterocycles. The lowest BCUT2D eigenvalue weighted by Gasteiger charge is -2.40. The molecule has 2 aliphatic heterocycles. The third kappa shape index (κ3) is 6.14. The van der Waals surface area contributed by atoms with Gasteiger partial charge in [0.15, 0.2) is 5.78 Å².